The van der Waals surface area contributed by atoms with Gasteiger partial charge in [0, 0.05) is 5.56 Å². The minimum absolute atomic E-state index is 0.0533. The molecular weight excluding hydrogens is 326 g/mol. The summed E-state index contributed by atoms with van der Waals surface area (Å²) in [4.78, 5) is 9.57. The van der Waals surface area contributed by atoms with Gasteiger partial charge in [0.2, 0.25) is 0 Å². The van der Waals surface area contributed by atoms with Crippen LogP contribution in [0.15, 0.2) is 59.8 Å². The third kappa shape index (κ3) is 3.61. The number of nitrogens with zero attached hydrogens (tertiary/aromatic N) is 5. The standard InChI is InChI=1S/C20H15N5O/c1-15-7-9-17(10-8-15)20-24-18(11-21)19(12-22)25(20)14-23-26-13-16-5-3-2-4-6-16/h2-10,14H,13H2,1H3. The average Bonchev–Trinajstić information content (AvgIpc) is 3.04. The number of hydrogen-bond donors (Lipinski definition) is 0. The Bertz CT molecular complexity index is 1010. The van der Waals surface area contributed by atoms with E-state index in [2.05, 4.69) is 10.1 Å². The van der Waals surface area contributed by atoms with E-state index < -0.39 is 0 Å². The van der Waals surface area contributed by atoms with Crippen molar-refractivity contribution in [2.24, 2.45) is 5.16 Å². The largest absolute Gasteiger partial charge is 0.390 e. The summed E-state index contributed by atoms with van der Waals surface area (Å²) in [6.45, 7) is 2.29. The second-order valence-electron chi connectivity index (χ2n) is 5.57. The van der Waals surface area contributed by atoms with Gasteiger partial charge in [-0.05, 0) is 12.5 Å². The molecule has 0 unspecified atom stereocenters. The number of aromatic nitrogens is 2. The maximum atomic E-state index is 9.40. The van der Waals surface area contributed by atoms with E-state index >= 15 is 0 Å². The van der Waals surface area contributed by atoms with Crippen LogP contribution in [0.5, 0.6) is 0 Å². The molecule has 0 amide bonds. The van der Waals surface area contributed by atoms with Crippen LogP contribution in [0.25, 0.3) is 11.4 Å². The van der Waals surface area contributed by atoms with Gasteiger partial charge < -0.3 is 4.84 Å². The summed E-state index contributed by atoms with van der Waals surface area (Å²) >= 11 is 0. The molecule has 0 N–H and O–H groups in total. The number of oxime groups is 1. The van der Waals surface area contributed by atoms with E-state index in [4.69, 9.17) is 4.84 Å². The van der Waals surface area contributed by atoms with E-state index in [9.17, 15) is 10.5 Å². The van der Waals surface area contributed by atoms with Gasteiger partial charge in [-0.1, -0.05) is 65.3 Å². The molecule has 0 aliphatic carbocycles. The summed E-state index contributed by atoms with van der Waals surface area (Å²) in [6.07, 6.45) is 1.37. The minimum Gasteiger partial charge on any atom is -0.390 e. The monoisotopic (exact) mass is 341 g/mol. The number of benzene rings is 2. The Kier molecular flexibility index (Phi) is 5.07. The first kappa shape index (κ1) is 16.9. The maximum Gasteiger partial charge on any atom is 0.177 e. The molecule has 126 valence electrons. The molecule has 6 nitrogen and oxygen atoms in total. The first-order valence-corrected chi connectivity index (χ1v) is 7.91. The average molecular weight is 341 g/mol. The lowest BCUT2D eigenvalue weighted by Gasteiger charge is -2.04. The Morgan fingerprint density at radius 1 is 1.08 bits per heavy atom. The first-order valence-electron chi connectivity index (χ1n) is 7.91. The second-order valence-corrected chi connectivity index (χ2v) is 5.57. The lowest BCUT2D eigenvalue weighted by Crippen LogP contribution is -2.03. The summed E-state index contributed by atoms with van der Waals surface area (Å²) in [5, 5.41) is 22.6. The summed E-state index contributed by atoms with van der Waals surface area (Å²) in [5.74, 6) is 0.463. The van der Waals surface area contributed by atoms with Gasteiger partial charge >= 0.3 is 0 Å². The van der Waals surface area contributed by atoms with Crippen LogP contribution in [0.2, 0.25) is 0 Å². The smallest absolute Gasteiger partial charge is 0.177 e. The molecule has 26 heavy (non-hydrogen) atoms. The Hall–Kier alpha value is -3.90. The fourth-order valence-corrected chi connectivity index (χ4v) is 2.40. The highest BCUT2D eigenvalue weighted by Crippen LogP contribution is 2.21. The first-order chi connectivity index (χ1) is 12.7. The maximum absolute atomic E-state index is 9.40. The summed E-state index contributed by atoms with van der Waals surface area (Å²) in [6, 6.07) is 21.2. The van der Waals surface area contributed by atoms with Gasteiger partial charge in [0.05, 0.1) is 0 Å². The van der Waals surface area contributed by atoms with E-state index in [0.29, 0.717) is 12.4 Å². The Morgan fingerprint density at radius 2 is 1.81 bits per heavy atom. The lowest BCUT2D eigenvalue weighted by atomic mass is 10.1. The normalized spacial score (nSPS) is 10.4. The number of aryl methyl sites for hydroxylation is 1. The topological polar surface area (TPSA) is 87.0 Å². The van der Waals surface area contributed by atoms with Crippen LogP contribution in [0.4, 0.5) is 0 Å². The van der Waals surface area contributed by atoms with Crippen LogP contribution in [-0.2, 0) is 11.4 Å². The molecule has 1 heterocycles. The third-order valence-corrected chi connectivity index (χ3v) is 3.74. The van der Waals surface area contributed by atoms with Gasteiger partial charge in [-0.2, -0.15) is 10.5 Å². The van der Waals surface area contributed by atoms with Gasteiger partial charge in [0.1, 0.15) is 30.9 Å². The molecule has 0 saturated heterocycles. The Balaban J connectivity index is 1.90. The van der Waals surface area contributed by atoms with Crippen molar-refractivity contribution in [2.75, 3.05) is 0 Å². The Morgan fingerprint density at radius 3 is 2.46 bits per heavy atom. The highest BCUT2D eigenvalue weighted by molar-refractivity contribution is 5.73. The van der Waals surface area contributed by atoms with Crippen molar-refractivity contribution in [1.29, 1.82) is 10.5 Å². The second kappa shape index (κ2) is 7.78. The zero-order valence-electron chi connectivity index (χ0n) is 14.1. The SMILES string of the molecule is Cc1ccc(-c2nc(C#N)c(C#N)n2C=NOCc2ccccc2)cc1. The van der Waals surface area contributed by atoms with Crippen molar-refractivity contribution in [3.8, 4) is 23.5 Å². The molecule has 2 aromatic carbocycles. The number of nitriles is 2. The minimum atomic E-state index is 0.0533. The number of imidazole rings is 1. The van der Waals surface area contributed by atoms with Crippen molar-refractivity contribution >= 4 is 6.34 Å². The van der Waals surface area contributed by atoms with E-state index in [-0.39, 0.29) is 11.4 Å². The van der Waals surface area contributed by atoms with Crippen molar-refractivity contribution in [3.05, 3.63) is 77.1 Å². The molecular formula is C20H15N5O. The molecule has 0 spiro atoms. The molecule has 1 aromatic heterocycles. The molecule has 0 atom stereocenters. The number of rotatable bonds is 5. The van der Waals surface area contributed by atoms with E-state index in [1.165, 1.54) is 10.9 Å². The van der Waals surface area contributed by atoms with E-state index in [0.717, 1.165) is 16.7 Å². The third-order valence-electron chi connectivity index (χ3n) is 3.74. The van der Waals surface area contributed by atoms with Crippen molar-refractivity contribution in [3.63, 3.8) is 0 Å². The quantitative estimate of drug-likeness (QED) is 0.403. The summed E-state index contributed by atoms with van der Waals surface area (Å²) in [5.41, 5.74) is 3.04. The molecule has 6 heteroatoms. The molecule has 0 aliphatic rings. The van der Waals surface area contributed by atoms with Crippen LogP contribution in [0.1, 0.15) is 22.5 Å². The fourth-order valence-electron chi connectivity index (χ4n) is 2.40. The molecule has 0 aliphatic heterocycles. The van der Waals surface area contributed by atoms with E-state index in [1.807, 2.05) is 73.7 Å². The van der Waals surface area contributed by atoms with Crippen molar-refractivity contribution in [2.45, 2.75) is 13.5 Å². The highest BCUT2D eigenvalue weighted by atomic mass is 16.6. The predicted octanol–water partition coefficient (Wildman–Crippen LogP) is 3.61. The van der Waals surface area contributed by atoms with Crippen molar-refractivity contribution in [1.82, 2.24) is 9.55 Å². The van der Waals surface area contributed by atoms with Crippen molar-refractivity contribution < 1.29 is 4.84 Å². The summed E-state index contributed by atoms with van der Waals surface area (Å²) < 4.78 is 1.47. The zero-order valence-corrected chi connectivity index (χ0v) is 14.1. The lowest BCUT2D eigenvalue weighted by molar-refractivity contribution is 0.131. The highest BCUT2D eigenvalue weighted by Gasteiger charge is 2.17. The molecule has 0 fully saturated rings. The Labute approximate surface area is 151 Å². The molecule has 0 radical (unpaired) electrons. The van der Waals surface area contributed by atoms with Crippen LogP contribution in [0.3, 0.4) is 0 Å². The molecule has 0 bridgehead atoms. The van der Waals surface area contributed by atoms with Gasteiger partial charge in [-0.25, -0.2) is 4.98 Å². The van der Waals surface area contributed by atoms with Crippen LogP contribution in [0, 0.1) is 29.6 Å². The predicted molar refractivity (Wildman–Crippen MR) is 97.0 cm³/mol. The van der Waals surface area contributed by atoms with Gasteiger partial charge in [-0.15, -0.1) is 0 Å². The van der Waals surface area contributed by atoms with Gasteiger partial charge in [0.25, 0.3) is 0 Å². The van der Waals surface area contributed by atoms with Gasteiger partial charge in [0.15, 0.2) is 11.4 Å². The zero-order chi connectivity index (χ0) is 18.4. The molecule has 0 saturated carbocycles. The number of hydrogen-bond acceptors (Lipinski definition) is 5. The van der Waals surface area contributed by atoms with E-state index in [1.54, 1.807) is 0 Å². The molecule has 3 aromatic rings. The van der Waals surface area contributed by atoms with Gasteiger partial charge in [-0.3, -0.25) is 4.57 Å². The fraction of sp³-hybridized carbons (Fsp3) is 0.100. The summed E-state index contributed by atoms with van der Waals surface area (Å²) in [7, 11) is 0. The van der Waals surface area contributed by atoms with Crippen LogP contribution < -0.4 is 0 Å². The van der Waals surface area contributed by atoms with Crippen LogP contribution >= 0.6 is 0 Å². The van der Waals surface area contributed by atoms with Crippen LogP contribution in [-0.4, -0.2) is 15.9 Å². The molecule has 3 rings (SSSR count).